The van der Waals surface area contributed by atoms with Gasteiger partial charge in [-0.15, -0.1) is 0 Å². The molecule has 0 unspecified atom stereocenters. The van der Waals surface area contributed by atoms with Gasteiger partial charge in [-0.3, -0.25) is 9.59 Å². The van der Waals surface area contributed by atoms with E-state index < -0.39 is 5.91 Å². The number of carbonyl (C=O) groups is 2. The molecule has 0 radical (unpaired) electrons. The van der Waals surface area contributed by atoms with Crippen LogP contribution in [0.3, 0.4) is 0 Å². The quantitative estimate of drug-likeness (QED) is 0.678. The molecule has 7 heteroatoms. The summed E-state index contributed by atoms with van der Waals surface area (Å²) in [4.78, 5) is 26.9. The van der Waals surface area contributed by atoms with E-state index in [1.807, 2.05) is 0 Å². The first-order chi connectivity index (χ1) is 10.5. The van der Waals surface area contributed by atoms with Crippen LogP contribution in [0.25, 0.3) is 6.08 Å². The lowest BCUT2D eigenvalue weighted by Crippen LogP contribution is -2.23. The number of amides is 2. The Kier molecular flexibility index (Phi) is 5.41. The maximum Gasteiger partial charge on any atom is 0.286 e. The highest BCUT2D eigenvalue weighted by Gasteiger charge is 2.22. The van der Waals surface area contributed by atoms with Crippen molar-refractivity contribution < 1.29 is 14.3 Å². The number of hydrogen-bond donors (Lipinski definition) is 1. The lowest BCUT2D eigenvalue weighted by Gasteiger charge is -2.06. The number of hydrogen-bond acceptors (Lipinski definition) is 4. The Hall–Kier alpha value is -2.05. The molecule has 1 N–H and O–H groups in total. The fourth-order valence-electron chi connectivity index (χ4n) is 1.64. The van der Waals surface area contributed by atoms with Gasteiger partial charge in [-0.1, -0.05) is 30.3 Å². The van der Waals surface area contributed by atoms with Gasteiger partial charge in [0.15, 0.2) is 5.17 Å². The second kappa shape index (κ2) is 7.29. The van der Waals surface area contributed by atoms with E-state index in [1.54, 1.807) is 30.4 Å². The van der Waals surface area contributed by atoms with Crippen LogP contribution in [-0.4, -0.2) is 23.6 Å². The number of halogens is 1. The number of benzene rings is 1. The number of nitrogens with zero attached hydrogens (tertiary/aromatic N) is 1. The molecule has 0 saturated heterocycles. The zero-order valence-corrected chi connectivity index (χ0v) is 13.3. The molecule has 1 aromatic carbocycles. The number of rotatable bonds is 4. The van der Waals surface area contributed by atoms with Crippen LogP contribution in [-0.2, 0) is 9.59 Å². The summed E-state index contributed by atoms with van der Waals surface area (Å²) >= 11 is 7.23. The Morgan fingerprint density at radius 3 is 2.95 bits per heavy atom. The summed E-state index contributed by atoms with van der Waals surface area (Å²) in [6.07, 6.45) is 3.29. The van der Waals surface area contributed by atoms with Crippen LogP contribution in [0.2, 0.25) is 5.02 Å². The summed E-state index contributed by atoms with van der Waals surface area (Å²) in [5.74, 6) is -0.117. The molecule has 5 nitrogen and oxygen atoms in total. The minimum absolute atomic E-state index is 0.271. The highest BCUT2D eigenvalue weighted by atomic mass is 35.5. The average Bonchev–Trinajstić information content (AvgIpc) is 2.77. The van der Waals surface area contributed by atoms with Crippen molar-refractivity contribution in [2.45, 2.75) is 6.92 Å². The standard InChI is InChI=1S/C15H13ClN2O3S/c1-3-6-21-12-5-4-10(7-11(12)16)8-13-14(20)18-15(22-13)17-9(2)19/h3-5,7-8H,1,6H2,2H3,(H,17,18,19,20)/b13-8-. The van der Waals surface area contributed by atoms with Gasteiger partial charge in [-0.05, 0) is 35.5 Å². The van der Waals surface area contributed by atoms with Crippen molar-refractivity contribution in [2.75, 3.05) is 6.61 Å². The molecule has 114 valence electrons. The second-order valence-corrected chi connectivity index (χ2v) is 5.74. The number of nitrogens with one attached hydrogen (secondary N) is 1. The van der Waals surface area contributed by atoms with E-state index in [2.05, 4.69) is 16.9 Å². The third-order valence-electron chi connectivity index (χ3n) is 2.51. The molecule has 1 aromatic rings. The molecule has 0 saturated carbocycles. The third kappa shape index (κ3) is 4.22. The van der Waals surface area contributed by atoms with E-state index in [4.69, 9.17) is 16.3 Å². The van der Waals surface area contributed by atoms with Gasteiger partial charge in [0.1, 0.15) is 12.4 Å². The van der Waals surface area contributed by atoms with E-state index in [0.29, 0.717) is 22.3 Å². The normalized spacial score (nSPS) is 15.6. The summed E-state index contributed by atoms with van der Waals surface area (Å²) in [5.41, 5.74) is 0.742. The van der Waals surface area contributed by atoms with Gasteiger partial charge < -0.3 is 10.1 Å². The van der Waals surface area contributed by atoms with E-state index in [-0.39, 0.29) is 11.1 Å². The fraction of sp³-hybridized carbons (Fsp3) is 0.133. The molecule has 1 aliphatic heterocycles. The zero-order valence-electron chi connectivity index (χ0n) is 11.8. The topological polar surface area (TPSA) is 67.8 Å². The van der Waals surface area contributed by atoms with Crippen molar-refractivity contribution in [1.29, 1.82) is 0 Å². The van der Waals surface area contributed by atoms with Gasteiger partial charge in [-0.25, -0.2) is 0 Å². The summed E-state index contributed by atoms with van der Waals surface area (Å²) in [7, 11) is 0. The summed E-state index contributed by atoms with van der Waals surface area (Å²) in [5, 5.41) is 3.21. The molecule has 0 bridgehead atoms. The van der Waals surface area contributed by atoms with Crippen molar-refractivity contribution in [1.82, 2.24) is 5.32 Å². The number of aliphatic imine (C=N–C) groups is 1. The van der Waals surface area contributed by atoms with Crippen molar-refractivity contribution in [3.8, 4) is 5.75 Å². The molecule has 0 atom stereocenters. The van der Waals surface area contributed by atoms with Gasteiger partial charge >= 0.3 is 0 Å². The largest absolute Gasteiger partial charge is 0.488 e. The maximum atomic E-state index is 11.8. The lowest BCUT2D eigenvalue weighted by atomic mass is 10.2. The molecule has 0 aliphatic carbocycles. The number of ether oxygens (including phenoxy) is 1. The Bertz CT molecular complexity index is 698. The summed E-state index contributed by atoms with van der Waals surface area (Å²) in [6, 6.07) is 5.19. The highest BCUT2D eigenvalue weighted by Crippen LogP contribution is 2.30. The maximum absolute atomic E-state index is 11.8. The van der Waals surface area contributed by atoms with Crippen molar-refractivity contribution in [3.63, 3.8) is 0 Å². The first kappa shape index (κ1) is 16.3. The van der Waals surface area contributed by atoms with Crippen LogP contribution < -0.4 is 10.1 Å². The van der Waals surface area contributed by atoms with E-state index in [1.165, 1.54) is 6.92 Å². The predicted molar refractivity (Wildman–Crippen MR) is 89.0 cm³/mol. The number of carbonyl (C=O) groups excluding carboxylic acids is 2. The SMILES string of the molecule is C=CCOc1ccc(/C=C2\SC(NC(C)=O)=NC2=O)cc1Cl. The Morgan fingerprint density at radius 1 is 1.55 bits per heavy atom. The van der Waals surface area contributed by atoms with E-state index in [9.17, 15) is 9.59 Å². The van der Waals surface area contributed by atoms with Gasteiger partial charge in [0.2, 0.25) is 5.91 Å². The van der Waals surface area contributed by atoms with Crippen LogP contribution in [0.15, 0.2) is 40.8 Å². The van der Waals surface area contributed by atoms with Crippen LogP contribution in [0, 0.1) is 0 Å². The second-order valence-electron chi connectivity index (χ2n) is 4.30. The van der Waals surface area contributed by atoms with Crippen molar-refractivity contribution >= 4 is 46.4 Å². The van der Waals surface area contributed by atoms with Crippen LogP contribution >= 0.6 is 23.4 Å². The molecule has 1 heterocycles. The first-order valence-corrected chi connectivity index (χ1v) is 7.52. The molecule has 22 heavy (non-hydrogen) atoms. The molecule has 0 fully saturated rings. The van der Waals surface area contributed by atoms with E-state index >= 15 is 0 Å². The molecule has 2 amide bonds. The van der Waals surface area contributed by atoms with Crippen LogP contribution in [0.5, 0.6) is 5.75 Å². The summed E-state index contributed by atoms with van der Waals surface area (Å²) < 4.78 is 5.38. The molecular weight excluding hydrogens is 324 g/mol. The van der Waals surface area contributed by atoms with Crippen molar-refractivity contribution in [3.05, 3.63) is 46.3 Å². The van der Waals surface area contributed by atoms with Gasteiger partial charge in [0.05, 0.1) is 9.93 Å². The fourth-order valence-corrected chi connectivity index (χ4v) is 2.74. The van der Waals surface area contributed by atoms with E-state index in [0.717, 1.165) is 17.3 Å². The van der Waals surface area contributed by atoms with Gasteiger partial charge in [0.25, 0.3) is 5.91 Å². The lowest BCUT2D eigenvalue weighted by molar-refractivity contribution is -0.117. The minimum atomic E-state index is -0.392. The van der Waals surface area contributed by atoms with Gasteiger partial charge in [0, 0.05) is 6.92 Å². The Morgan fingerprint density at radius 2 is 2.32 bits per heavy atom. The Labute approximate surface area is 137 Å². The average molecular weight is 337 g/mol. The molecular formula is C15H13ClN2O3S. The third-order valence-corrected chi connectivity index (χ3v) is 3.71. The molecule has 2 rings (SSSR count). The molecule has 0 aromatic heterocycles. The minimum Gasteiger partial charge on any atom is -0.488 e. The Balaban J connectivity index is 2.13. The molecule has 1 aliphatic rings. The molecule has 0 spiro atoms. The first-order valence-electron chi connectivity index (χ1n) is 6.33. The van der Waals surface area contributed by atoms with Gasteiger partial charge in [-0.2, -0.15) is 4.99 Å². The number of thioether (sulfide) groups is 1. The van der Waals surface area contributed by atoms with Crippen molar-refractivity contribution in [2.24, 2.45) is 4.99 Å². The smallest absolute Gasteiger partial charge is 0.286 e. The summed E-state index contributed by atoms with van der Waals surface area (Å²) in [6.45, 7) is 5.29. The zero-order chi connectivity index (χ0) is 16.1. The number of amidine groups is 1. The highest BCUT2D eigenvalue weighted by molar-refractivity contribution is 8.18. The van der Waals surface area contributed by atoms with Crippen LogP contribution in [0.4, 0.5) is 0 Å². The predicted octanol–water partition coefficient (Wildman–Crippen LogP) is 3.01. The monoisotopic (exact) mass is 336 g/mol. The van der Waals surface area contributed by atoms with Crippen LogP contribution in [0.1, 0.15) is 12.5 Å².